The molecule has 0 aliphatic heterocycles. The predicted octanol–water partition coefficient (Wildman–Crippen LogP) is 4.05. The van der Waals surface area contributed by atoms with Crippen LogP contribution in [0.2, 0.25) is 0 Å². The molecule has 0 saturated heterocycles. The fraction of sp³-hybridized carbons (Fsp3) is 0.294. The standard InChI is InChI=1S/C17H19F2N3O2/c1-3-22(11-13-7-4-5-10-20-13)17(23)21-14-8-6-9-15(12(14)2)24-16(18)19/h4-10,16H,3,11H2,1-2H3,(H,21,23). The molecule has 24 heavy (non-hydrogen) atoms. The largest absolute Gasteiger partial charge is 0.434 e. The minimum atomic E-state index is -2.91. The van der Waals surface area contributed by atoms with Crippen molar-refractivity contribution in [3.63, 3.8) is 0 Å². The fourth-order valence-corrected chi connectivity index (χ4v) is 2.18. The number of hydrogen-bond acceptors (Lipinski definition) is 3. The summed E-state index contributed by atoms with van der Waals surface area (Å²) >= 11 is 0. The van der Waals surface area contributed by atoms with Gasteiger partial charge in [0, 0.05) is 24.0 Å². The van der Waals surface area contributed by atoms with E-state index < -0.39 is 6.61 Å². The normalized spacial score (nSPS) is 10.5. The summed E-state index contributed by atoms with van der Waals surface area (Å²) in [5.41, 5.74) is 1.64. The van der Waals surface area contributed by atoms with E-state index in [4.69, 9.17) is 0 Å². The number of alkyl halides is 2. The maximum Gasteiger partial charge on any atom is 0.387 e. The number of urea groups is 1. The molecule has 0 spiro atoms. The van der Waals surface area contributed by atoms with E-state index in [1.807, 2.05) is 19.1 Å². The highest BCUT2D eigenvalue weighted by molar-refractivity contribution is 5.90. The minimum Gasteiger partial charge on any atom is -0.434 e. The van der Waals surface area contributed by atoms with Gasteiger partial charge in [-0.05, 0) is 38.1 Å². The fourth-order valence-electron chi connectivity index (χ4n) is 2.18. The highest BCUT2D eigenvalue weighted by Gasteiger charge is 2.16. The molecule has 0 radical (unpaired) electrons. The molecule has 2 aromatic rings. The van der Waals surface area contributed by atoms with Gasteiger partial charge in [0.25, 0.3) is 0 Å². The quantitative estimate of drug-likeness (QED) is 0.866. The van der Waals surface area contributed by atoms with Crippen molar-refractivity contribution in [3.8, 4) is 5.75 Å². The zero-order valence-corrected chi connectivity index (χ0v) is 13.5. The number of anilines is 1. The van der Waals surface area contributed by atoms with Crippen LogP contribution in [0.3, 0.4) is 0 Å². The summed E-state index contributed by atoms with van der Waals surface area (Å²) in [6.45, 7) is 1.39. The van der Waals surface area contributed by atoms with Gasteiger partial charge in [-0.2, -0.15) is 8.78 Å². The van der Waals surface area contributed by atoms with Crippen LogP contribution in [0.4, 0.5) is 19.3 Å². The molecule has 0 aliphatic carbocycles. The Morgan fingerprint density at radius 2 is 2.08 bits per heavy atom. The van der Waals surface area contributed by atoms with Gasteiger partial charge < -0.3 is 15.0 Å². The number of pyridine rings is 1. The monoisotopic (exact) mass is 335 g/mol. The highest BCUT2D eigenvalue weighted by atomic mass is 19.3. The lowest BCUT2D eigenvalue weighted by Crippen LogP contribution is -2.34. The van der Waals surface area contributed by atoms with Crippen LogP contribution in [0.25, 0.3) is 0 Å². The summed E-state index contributed by atoms with van der Waals surface area (Å²) in [7, 11) is 0. The molecule has 7 heteroatoms. The molecule has 0 fully saturated rings. The molecule has 2 rings (SSSR count). The second kappa shape index (κ2) is 8.24. The van der Waals surface area contributed by atoms with Gasteiger partial charge in [0.15, 0.2) is 0 Å². The van der Waals surface area contributed by atoms with Crippen molar-refractivity contribution in [2.45, 2.75) is 27.0 Å². The minimum absolute atomic E-state index is 0.0376. The molecule has 2 amide bonds. The Morgan fingerprint density at radius 3 is 2.71 bits per heavy atom. The average molecular weight is 335 g/mol. The van der Waals surface area contributed by atoms with Crippen molar-refractivity contribution in [1.82, 2.24) is 9.88 Å². The molecule has 128 valence electrons. The van der Waals surface area contributed by atoms with E-state index in [9.17, 15) is 13.6 Å². The third kappa shape index (κ3) is 4.65. The smallest absolute Gasteiger partial charge is 0.387 e. The van der Waals surface area contributed by atoms with Crippen LogP contribution in [0.15, 0.2) is 42.6 Å². The summed E-state index contributed by atoms with van der Waals surface area (Å²) in [5, 5.41) is 2.73. The summed E-state index contributed by atoms with van der Waals surface area (Å²) < 4.78 is 29.2. The molecule has 1 N–H and O–H groups in total. The van der Waals surface area contributed by atoms with Crippen molar-refractivity contribution >= 4 is 11.7 Å². The van der Waals surface area contributed by atoms with Crippen LogP contribution in [0.1, 0.15) is 18.2 Å². The number of benzene rings is 1. The first-order chi connectivity index (χ1) is 11.5. The van der Waals surface area contributed by atoms with Gasteiger partial charge in [0.2, 0.25) is 0 Å². The van der Waals surface area contributed by atoms with Crippen LogP contribution in [-0.2, 0) is 6.54 Å². The first-order valence-electron chi connectivity index (χ1n) is 7.51. The van der Waals surface area contributed by atoms with E-state index in [1.165, 1.54) is 6.07 Å². The number of rotatable bonds is 6. The van der Waals surface area contributed by atoms with Crippen molar-refractivity contribution in [1.29, 1.82) is 0 Å². The first kappa shape index (κ1) is 17.7. The maximum absolute atomic E-state index is 12.4. The number of ether oxygens (including phenoxy) is 1. The number of nitrogens with zero attached hydrogens (tertiary/aromatic N) is 2. The van der Waals surface area contributed by atoms with Crippen LogP contribution >= 0.6 is 0 Å². The number of hydrogen-bond donors (Lipinski definition) is 1. The van der Waals surface area contributed by atoms with Crippen LogP contribution < -0.4 is 10.1 Å². The molecule has 5 nitrogen and oxygen atoms in total. The Balaban J connectivity index is 2.10. The summed E-state index contributed by atoms with van der Waals surface area (Å²) in [4.78, 5) is 18.2. The number of carbonyl (C=O) groups excluding carboxylic acids is 1. The van der Waals surface area contributed by atoms with Crippen LogP contribution in [0.5, 0.6) is 5.75 Å². The molecule has 0 saturated carbocycles. The Morgan fingerprint density at radius 1 is 1.29 bits per heavy atom. The van der Waals surface area contributed by atoms with Crippen molar-refractivity contribution in [2.75, 3.05) is 11.9 Å². The molecular formula is C17H19F2N3O2. The lowest BCUT2D eigenvalue weighted by molar-refractivity contribution is -0.0502. The van der Waals surface area contributed by atoms with Crippen molar-refractivity contribution < 1.29 is 18.3 Å². The Labute approximate surface area is 139 Å². The van der Waals surface area contributed by atoms with E-state index in [1.54, 1.807) is 36.2 Å². The topological polar surface area (TPSA) is 54.5 Å². The Bertz CT molecular complexity index is 681. The van der Waals surface area contributed by atoms with E-state index in [-0.39, 0.29) is 11.8 Å². The Kier molecular flexibility index (Phi) is 6.06. The Hall–Kier alpha value is -2.70. The molecule has 0 bridgehead atoms. The van der Waals surface area contributed by atoms with Crippen LogP contribution in [0, 0.1) is 6.92 Å². The van der Waals surface area contributed by atoms with Gasteiger partial charge >= 0.3 is 12.6 Å². The van der Waals surface area contributed by atoms with Crippen molar-refractivity contribution in [3.05, 3.63) is 53.9 Å². The zero-order valence-electron chi connectivity index (χ0n) is 13.5. The van der Waals surface area contributed by atoms with Gasteiger partial charge in [-0.3, -0.25) is 4.98 Å². The third-order valence-electron chi connectivity index (χ3n) is 3.49. The maximum atomic E-state index is 12.4. The zero-order chi connectivity index (χ0) is 17.5. The van der Waals surface area contributed by atoms with Gasteiger partial charge in [0.05, 0.1) is 12.2 Å². The molecule has 1 aromatic heterocycles. The number of amides is 2. The van der Waals surface area contributed by atoms with Gasteiger partial charge in [0.1, 0.15) is 5.75 Å². The first-order valence-corrected chi connectivity index (χ1v) is 7.51. The predicted molar refractivity (Wildman–Crippen MR) is 87.2 cm³/mol. The highest BCUT2D eigenvalue weighted by Crippen LogP contribution is 2.27. The lowest BCUT2D eigenvalue weighted by Gasteiger charge is -2.22. The lowest BCUT2D eigenvalue weighted by atomic mass is 10.2. The third-order valence-corrected chi connectivity index (χ3v) is 3.49. The molecular weight excluding hydrogens is 316 g/mol. The second-order valence-electron chi connectivity index (χ2n) is 5.07. The number of halogens is 2. The van der Waals surface area contributed by atoms with E-state index in [2.05, 4.69) is 15.0 Å². The van der Waals surface area contributed by atoms with E-state index >= 15 is 0 Å². The number of carbonyl (C=O) groups is 1. The molecule has 0 unspecified atom stereocenters. The van der Waals surface area contributed by atoms with Gasteiger partial charge in [-0.25, -0.2) is 4.79 Å². The molecule has 1 heterocycles. The summed E-state index contributed by atoms with van der Waals surface area (Å²) in [5.74, 6) is 0.0376. The van der Waals surface area contributed by atoms with Gasteiger partial charge in [-0.15, -0.1) is 0 Å². The van der Waals surface area contributed by atoms with Crippen molar-refractivity contribution in [2.24, 2.45) is 0 Å². The van der Waals surface area contributed by atoms with E-state index in [0.29, 0.717) is 24.3 Å². The number of nitrogens with one attached hydrogen (secondary N) is 1. The number of aromatic nitrogens is 1. The van der Waals surface area contributed by atoms with Crippen LogP contribution in [-0.4, -0.2) is 29.1 Å². The summed E-state index contributed by atoms with van der Waals surface area (Å²) in [6.07, 6.45) is 1.66. The average Bonchev–Trinajstić information content (AvgIpc) is 2.56. The molecule has 0 aliphatic rings. The summed E-state index contributed by atoms with van der Waals surface area (Å²) in [6, 6.07) is 9.78. The SMILES string of the molecule is CCN(Cc1ccccn1)C(=O)Nc1cccc(OC(F)F)c1C. The van der Waals surface area contributed by atoms with E-state index in [0.717, 1.165) is 5.69 Å². The molecule has 0 atom stereocenters. The molecule has 1 aromatic carbocycles. The van der Waals surface area contributed by atoms with Gasteiger partial charge in [-0.1, -0.05) is 12.1 Å². The second-order valence-corrected chi connectivity index (χ2v) is 5.07.